The first kappa shape index (κ1) is 49.4. The Morgan fingerprint density at radius 3 is 2.29 bits per heavy atom. The van der Waals surface area contributed by atoms with Crippen molar-refractivity contribution in [1.29, 1.82) is 0 Å². The van der Waals surface area contributed by atoms with E-state index in [1.807, 2.05) is 59.8 Å². The second-order valence-electron chi connectivity index (χ2n) is 16.4. The molecule has 0 aromatic heterocycles. The van der Waals surface area contributed by atoms with Crippen LogP contribution in [0, 0.1) is 35.5 Å². The molecule has 320 valence electrons. The van der Waals surface area contributed by atoms with Crippen molar-refractivity contribution in [2.75, 3.05) is 28.4 Å². The molecule has 0 aliphatic carbocycles. The Hall–Kier alpha value is -2.71. The molecule has 0 spiro atoms. The van der Waals surface area contributed by atoms with E-state index in [1.165, 1.54) is 11.0 Å². The molecule has 0 unspecified atom stereocenters. The van der Waals surface area contributed by atoms with Crippen molar-refractivity contribution in [2.24, 2.45) is 35.5 Å². The van der Waals surface area contributed by atoms with Crippen molar-refractivity contribution < 1.29 is 53.4 Å². The third kappa shape index (κ3) is 15.6. The maximum Gasteiger partial charge on any atom is 0.331 e. The summed E-state index contributed by atoms with van der Waals surface area (Å²) >= 11 is 0. The highest BCUT2D eigenvalue weighted by Gasteiger charge is 2.40. The summed E-state index contributed by atoms with van der Waals surface area (Å²) in [7, 11) is 6.46. The van der Waals surface area contributed by atoms with Crippen LogP contribution in [-0.2, 0) is 38.1 Å². The Bertz CT molecular complexity index is 1320. The van der Waals surface area contributed by atoms with Crippen LogP contribution in [0.3, 0.4) is 0 Å². The van der Waals surface area contributed by atoms with Crippen LogP contribution in [0.5, 0.6) is 0 Å². The summed E-state index contributed by atoms with van der Waals surface area (Å²) in [6.45, 7) is 13.1. The van der Waals surface area contributed by atoms with Gasteiger partial charge in [0.2, 0.25) is 6.41 Å². The number of hydrogen-bond donors (Lipinski definition) is 3. The molecule has 0 aromatic rings. The molecular weight excluding hydrogens is 718 g/mol. The molecule has 1 amide bonds. The van der Waals surface area contributed by atoms with Crippen LogP contribution >= 0.6 is 0 Å². The number of cyclic esters (lactones) is 1. The van der Waals surface area contributed by atoms with E-state index in [0.29, 0.717) is 32.1 Å². The number of aliphatic hydroxyl groups excluding tert-OH is 3. The van der Waals surface area contributed by atoms with Crippen molar-refractivity contribution in [3.63, 3.8) is 0 Å². The van der Waals surface area contributed by atoms with Gasteiger partial charge >= 0.3 is 5.97 Å². The number of ketones is 1. The number of amides is 1. The van der Waals surface area contributed by atoms with E-state index in [2.05, 4.69) is 6.08 Å². The molecule has 56 heavy (non-hydrogen) atoms. The van der Waals surface area contributed by atoms with Crippen molar-refractivity contribution >= 4 is 18.2 Å². The number of Topliss-reactive ketones (excluding diaryl/α,β-unsaturated/α-hetero) is 1. The lowest BCUT2D eigenvalue weighted by Crippen LogP contribution is -2.46. The summed E-state index contributed by atoms with van der Waals surface area (Å²) < 4.78 is 30.0. The van der Waals surface area contributed by atoms with E-state index >= 15 is 0 Å². The predicted molar refractivity (Wildman–Crippen MR) is 216 cm³/mol. The molecule has 0 radical (unpaired) electrons. The molecule has 12 heteroatoms. The molecule has 0 saturated heterocycles. The predicted octanol–water partition coefficient (Wildman–Crippen LogP) is 5.58. The van der Waals surface area contributed by atoms with E-state index < -0.39 is 60.3 Å². The summed E-state index contributed by atoms with van der Waals surface area (Å²) in [4.78, 5) is 39.1. The van der Waals surface area contributed by atoms with Gasteiger partial charge in [-0.25, -0.2) is 4.79 Å². The highest BCUT2D eigenvalue weighted by molar-refractivity contribution is 5.82. The van der Waals surface area contributed by atoms with Gasteiger partial charge in [0.1, 0.15) is 11.9 Å². The molecule has 0 fully saturated rings. The Labute approximate surface area is 336 Å². The van der Waals surface area contributed by atoms with E-state index in [-0.39, 0.29) is 54.7 Å². The molecule has 0 saturated carbocycles. The summed E-state index contributed by atoms with van der Waals surface area (Å²) in [5.41, 5.74) is 0.771. The van der Waals surface area contributed by atoms with E-state index in [1.54, 1.807) is 47.6 Å². The van der Waals surface area contributed by atoms with Crippen LogP contribution in [0.15, 0.2) is 48.2 Å². The Morgan fingerprint density at radius 1 is 1.00 bits per heavy atom. The largest absolute Gasteiger partial charge is 0.458 e. The summed E-state index contributed by atoms with van der Waals surface area (Å²) in [5, 5.41) is 34.2. The second-order valence-corrected chi connectivity index (χ2v) is 16.4. The zero-order valence-corrected chi connectivity index (χ0v) is 35.8. The normalized spacial score (nSPS) is 33.5. The standard InChI is InChI=1S/C44H73NO11/c1-27-15-18-34(47)23-35-13-12-14-36(55-35)24-39(52-9)32(6)40(53-10)25-38(49)31(5)44(56-41(50)20-16-27)33(7)42(51)28(2)17-19-37(48)30(4)43(54-11)29(3)21-22-45(8)26-46/h12-13,15-16,20-22,26,28-36,38-40,42-44,47,49,51H,14,17-19,23-25H2,1-11H3/b20-16-,22-21+,27-15-/t28-,29+,30-,31-,32+,33-,34-,35-,36-,38+,39-,40-,42-,43+,44-/m0/s1. The SMILES string of the molecule is CO[C@H]([C@H](C)/C=C/N(C)C=O)[C@@H](C)C(=O)CC[C@H](C)[C@H](O)[C@H](C)[C@H]1OC(=O)/C=C\C(C)=C/C[C@H](O)C[C@@H]2C=CC[C@@H](C[C@H](OC)[C@@H](C)[C@@H](OC)C[C@@H](O)[C@@H]1C)O2. The fraction of sp³-hybridized carbons (Fsp3) is 0.750. The fourth-order valence-corrected chi connectivity index (χ4v) is 8.01. The van der Waals surface area contributed by atoms with Gasteiger partial charge < -0.3 is 43.9 Å². The number of carbonyl (C=O) groups excluding carboxylic acids is 3. The third-order valence-corrected chi connectivity index (χ3v) is 12.0. The number of hydrogen-bond acceptors (Lipinski definition) is 11. The summed E-state index contributed by atoms with van der Waals surface area (Å²) in [5.74, 6) is -2.88. The van der Waals surface area contributed by atoms with Crippen LogP contribution in [-0.4, -0.2) is 122 Å². The first-order chi connectivity index (χ1) is 26.5. The lowest BCUT2D eigenvalue weighted by molar-refractivity contribution is -0.157. The van der Waals surface area contributed by atoms with Crippen LogP contribution < -0.4 is 0 Å². The molecule has 0 aromatic carbocycles. The monoisotopic (exact) mass is 792 g/mol. The number of aliphatic hydroxyl groups is 3. The fourth-order valence-electron chi connectivity index (χ4n) is 8.01. The molecule has 15 atom stereocenters. The Kier molecular flexibility index (Phi) is 22.0. The number of rotatable bonds is 15. The number of carbonyl (C=O) groups is 3. The van der Waals surface area contributed by atoms with Gasteiger partial charge in [-0.3, -0.25) is 9.59 Å². The van der Waals surface area contributed by atoms with Crippen LogP contribution in [0.25, 0.3) is 0 Å². The Morgan fingerprint density at radius 2 is 1.66 bits per heavy atom. The summed E-state index contributed by atoms with van der Waals surface area (Å²) in [6, 6.07) is 0. The topological polar surface area (TPSA) is 161 Å². The van der Waals surface area contributed by atoms with Crippen molar-refractivity contribution in [3.8, 4) is 0 Å². The quantitative estimate of drug-likeness (QED) is 0.108. The van der Waals surface area contributed by atoms with Gasteiger partial charge in [0, 0.05) is 95.9 Å². The van der Waals surface area contributed by atoms with Gasteiger partial charge in [0.15, 0.2) is 0 Å². The van der Waals surface area contributed by atoms with Crippen molar-refractivity contribution in [2.45, 2.75) is 148 Å². The Balaban J connectivity index is 2.31. The van der Waals surface area contributed by atoms with Crippen LogP contribution in [0.4, 0.5) is 0 Å². The van der Waals surface area contributed by atoms with Crippen LogP contribution in [0.2, 0.25) is 0 Å². The molecule has 2 heterocycles. The van der Waals surface area contributed by atoms with Gasteiger partial charge in [-0.15, -0.1) is 0 Å². The van der Waals surface area contributed by atoms with Gasteiger partial charge in [0.25, 0.3) is 0 Å². The van der Waals surface area contributed by atoms with Crippen molar-refractivity contribution in [1.82, 2.24) is 4.90 Å². The lowest BCUT2D eigenvalue weighted by Gasteiger charge is -2.38. The third-order valence-electron chi connectivity index (χ3n) is 12.0. The molecule has 2 aliphatic rings. The lowest BCUT2D eigenvalue weighted by atomic mass is 9.78. The highest BCUT2D eigenvalue weighted by atomic mass is 16.5. The van der Waals surface area contributed by atoms with E-state index in [0.717, 1.165) is 12.0 Å². The van der Waals surface area contributed by atoms with Gasteiger partial charge in [-0.2, -0.15) is 0 Å². The highest BCUT2D eigenvalue weighted by Crippen LogP contribution is 2.33. The minimum Gasteiger partial charge on any atom is -0.458 e. The first-order valence-electron chi connectivity index (χ1n) is 20.4. The molecule has 2 rings (SSSR count). The van der Waals surface area contributed by atoms with Crippen molar-refractivity contribution in [3.05, 3.63) is 48.2 Å². The van der Waals surface area contributed by atoms with Crippen LogP contribution in [0.1, 0.15) is 93.4 Å². The number of fused-ring (bicyclic) bond motifs is 2. The van der Waals surface area contributed by atoms with Gasteiger partial charge in [0.05, 0.1) is 48.8 Å². The van der Waals surface area contributed by atoms with Gasteiger partial charge in [-0.1, -0.05) is 77.5 Å². The zero-order valence-electron chi connectivity index (χ0n) is 35.8. The number of nitrogens with zero attached hydrogens (tertiary/aromatic N) is 1. The minimum absolute atomic E-state index is 0.00759. The zero-order chi connectivity index (χ0) is 42.1. The van der Waals surface area contributed by atoms with E-state index in [4.69, 9.17) is 23.7 Å². The number of ether oxygens (including phenoxy) is 5. The summed E-state index contributed by atoms with van der Waals surface area (Å²) in [6.07, 6.45) is 11.2. The second kappa shape index (κ2) is 24.9. The number of esters is 1. The first-order valence-corrected chi connectivity index (χ1v) is 20.4. The molecule has 2 aliphatic heterocycles. The maximum atomic E-state index is 13.4. The number of methoxy groups -OCH3 is 3. The van der Waals surface area contributed by atoms with E-state index in [9.17, 15) is 29.7 Å². The van der Waals surface area contributed by atoms with Gasteiger partial charge in [-0.05, 0) is 32.1 Å². The average molecular weight is 792 g/mol. The molecule has 3 N–H and O–H groups in total. The maximum absolute atomic E-state index is 13.4. The minimum atomic E-state index is -0.967. The average Bonchev–Trinajstić information content (AvgIpc) is 3.18. The smallest absolute Gasteiger partial charge is 0.331 e. The molecular formula is C44H73NO11. The number of allylic oxidation sites excluding steroid dienone is 2. The molecule has 2 bridgehead atoms. The molecule has 12 nitrogen and oxygen atoms in total.